The summed E-state index contributed by atoms with van der Waals surface area (Å²) >= 11 is 0. The summed E-state index contributed by atoms with van der Waals surface area (Å²) in [6.07, 6.45) is 0.866. The minimum atomic E-state index is -3.85. The maximum absolute atomic E-state index is 13.0. The van der Waals surface area contributed by atoms with E-state index in [0.29, 0.717) is 38.6 Å². The Morgan fingerprint density at radius 1 is 1.06 bits per heavy atom. The second-order valence-electron chi connectivity index (χ2n) is 10.1. The molecule has 2 aliphatic rings. The van der Waals surface area contributed by atoms with Crippen LogP contribution in [0, 0.1) is 12.3 Å². The van der Waals surface area contributed by atoms with Crippen LogP contribution >= 0.6 is 0 Å². The predicted octanol–water partition coefficient (Wildman–Crippen LogP) is 0.653. The van der Waals surface area contributed by atoms with Gasteiger partial charge in [-0.2, -0.15) is 0 Å². The number of piperidine rings is 1. The Hall–Kier alpha value is -2.05. The number of esters is 1. The summed E-state index contributed by atoms with van der Waals surface area (Å²) in [7, 11) is -1.84. The van der Waals surface area contributed by atoms with Gasteiger partial charge >= 0.3 is 5.97 Å². The number of aliphatic hydroxyl groups is 2. The number of carbonyl (C=O) groups is 2. The van der Waals surface area contributed by atoms with Gasteiger partial charge in [-0.1, -0.05) is 24.1 Å². The second-order valence-corrected chi connectivity index (χ2v) is 11.8. The molecule has 0 saturated carbocycles. The molecule has 2 saturated heterocycles. The van der Waals surface area contributed by atoms with E-state index in [2.05, 4.69) is 9.62 Å². The van der Waals surface area contributed by atoms with Crippen LogP contribution in [-0.4, -0.2) is 98.9 Å². The highest BCUT2D eigenvalue weighted by molar-refractivity contribution is 7.89. The summed E-state index contributed by atoms with van der Waals surface area (Å²) in [4.78, 5) is 29.7. The zero-order valence-corrected chi connectivity index (χ0v) is 22.0. The number of rotatable bonds is 4. The maximum atomic E-state index is 13.0. The lowest BCUT2D eigenvalue weighted by atomic mass is 9.74. The number of hydrogen-bond donors (Lipinski definition) is 3. The first-order valence-electron chi connectivity index (χ1n) is 12.6. The van der Waals surface area contributed by atoms with E-state index in [0.717, 1.165) is 18.7 Å². The molecule has 1 aromatic rings. The number of aliphatic hydroxyl groups excluding tert-OH is 2. The van der Waals surface area contributed by atoms with Gasteiger partial charge in [-0.15, -0.1) is 0 Å². The van der Waals surface area contributed by atoms with Crippen molar-refractivity contribution in [3.05, 3.63) is 29.8 Å². The number of amides is 1. The molecular formula is C25H39N3O7S. The lowest BCUT2D eigenvalue weighted by Gasteiger charge is -2.39. The van der Waals surface area contributed by atoms with Crippen molar-refractivity contribution in [1.82, 2.24) is 14.5 Å². The molecule has 202 valence electrons. The van der Waals surface area contributed by atoms with Crippen LogP contribution in [0.4, 0.5) is 0 Å². The fraction of sp³-hybridized carbons (Fsp3) is 0.680. The molecule has 2 atom stereocenters. The lowest BCUT2D eigenvalue weighted by Crippen LogP contribution is -2.45. The number of likely N-dealkylation sites (tertiary alicyclic amines) is 1. The van der Waals surface area contributed by atoms with Crippen LogP contribution < -0.4 is 4.72 Å². The number of cyclic esters (lactones) is 1. The molecule has 36 heavy (non-hydrogen) atoms. The summed E-state index contributed by atoms with van der Waals surface area (Å²) in [5.74, 6) is -0.747. The summed E-state index contributed by atoms with van der Waals surface area (Å²) in [6, 6.07) is 6.35. The Kier molecular flexibility index (Phi) is 9.87. The van der Waals surface area contributed by atoms with Crippen LogP contribution in [0.2, 0.25) is 0 Å². The quantitative estimate of drug-likeness (QED) is 0.488. The third-order valence-electron chi connectivity index (χ3n) is 7.33. The van der Waals surface area contributed by atoms with Gasteiger partial charge in [0.05, 0.1) is 23.0 Å². The molecule has 0 unspecified atom stereocenters. The van der Waals surface area contributed by atoms with E-state index in [-0.39, 0.29) is 30.4 Å². The predicted molar refractivity (Wildman–Crippen MR) is 134 cm³/mol. The van der Waals surface area contributed by atoms with Gasteiger partial charge in [-0.3, -0.25) is 9.59 Å². The molecule has 2 fully saturated rings. The molecule has 0 bridgehead atoms. The molecule has 2 heterocycles. The summed E-state index contributed by atoms with van der Waals surface area (Å²) < 4.78 is 33.0. The number of sulfonamides is 1. The zero-order valence-electron chi connectivity index (χ0n) is 21.2. The largest absolute Gasteiger partial charge is 0.462 e. The zero-order chi connectivity index (χ0) is 26.3. The van der Waals surface area contributed by atoms with Crippen molar-refractivity contribution in [3.8, 4) is 0 Å². The fourth-order valence-electron chi connectivity index (χ4n) is 4.71. The Bertz CT molecular complexity index is 991. The summed E-state index contributed by atoms with van der Waals surface area (Å²) in [6.45, 7) is 3.19. The SMILES string of the molecule is Cc1ccc(S(=O)(=O)NCC(=O)N2CCCCC3(CCN(C)CC3)C(=O)OC[C@@H](O)[C@@H](O)CC2)cc1. The molecule has 2 aliphatic heterocycles. The van der Waals surface area contributed by atoms with E-state index >= 15 is 0 Å². The normalized spacial score (nSPS) is 24.9. The number of nitrogens with one attached hydrogen (secondary N) is 1. The number of carbonyl (C=O) groups excluding carboxylic acids is 2. The van der Waals surface area contributed by atoms with E-state index in [1.54, 1.807) is 12.1 Å². The summed E-state index contributed by atoms with van der Waals surface area (Å²) in [5, 5.41) is 20.7. The average molecular weight is 526 g/mol. The smallest absolute Gasteiger partial charge is 0.312 e. The van der Waals surface area contributed by atoms with Crippen LogP contribution in [0.5, 0.6) is 0 Å². The summed E-state index contributed by atoms with van der Waals surface area (Å²) in [5.41, 5.74) is 0.291. The van der Waals surface area contributed by atoms with Crippen LogP contribution in [0.3, 0.4) is 0 Å². The van der Waals surface area contributed by atoms with Crippen LogP contribution in [-0.2, 0) is 24.3 Å². The molecule has 11 heteroatoms. The van der Waals surface area contributed by atoms with Gasteiger partial charge in [0, 0.05) is 13.1 Å². The molecule has 3 rings (SSSR count). The first-order chi connectivity index (χ1) is 17.0. The first kappa shape index (κ1) is 28.5. The molecule has 1 spiro atoms. The van der Waals surface area contributed by atoms with Gasteiger partial charge in [-0.05, 0) is 71.3 Å². The molecule has 0 aromatic heterocycles. The molecular weight excluding hydrogens is 486 g/mol. The van der Waals surface area contributed by atoms with Crippen molar-refractivity contribution in [2.75, 3.05) is 46.4 Å². The molecule has 3 N–H and O–H groups in total. The van der Waals surface area contributed by atoms with Crippen LogP contribution in [0.1, 0.15) is 44.1 Å². The number of aryl methyl sites for hydroxylation is 1. The van der Waals surface area contributed by atoms with Gasteiger partial charge in [0.25, 0.3) is 0 Å². The van der Waals surface area contributed by atoms with E-state index < -0.39 is 40.1 Å². The molecule has 0 radical (unpaired) electrons. The fourth-order valence-corrected chi connectivity index (χ4v) is 5.68. The van der Waals surface area contributed by atoms with Gasteiger partial charge in [-0.25, -0.2) is 13.1 Å². The number of benzene rings is 1. The van der Waals surface area contributed by atoms with E-state index in [9.17, 15) is 28.2 Å². The molecule has 10 nitrogen and oxygen atoms in total. The third-order valence-corrected chi connectivity index (χ3v) is 8.75. The number of hydrogen-bond acceptors (Lipinski definition) is 8. The Morgan fingerprint density at radius 3 is 2.39 bits per heavy atom. The first-order valence-corrected chi connectivity index (χ1v) is 14.1. The second kappa shape index (κ2) is 12.5. The Balaban J connectivity index is 1.66. The average Bonchev–Trinajstić information content (AvgIpc) is 2.86. The van der Waals surface area contributed by atoms with Crippen molar-refractivity contribution < 1.29 is 33.0 Å². The molecule has 0 aliphatic carbocycles. The Morgan fingerprint density at radius 2 is 1.72 bits per heavy atom. The van der Waals surface area contributed by atoms with Gasteiger partial charge in [0.15, 0.2) is 0 Å². The van der Waals surface area contributed by atoms with Gasteiger partial charge < -0.3 is 24.7 Å². The third kappa shape index (κ3) is 7.48. The van der Waals surface area contributed by atoms with Crippen molar-refractivity contribution >= 4 is 21.9 Å². The van der Waals surface area contributed by atoms with Crippen molar-refractivity contribution in [2.24, 2.45) is 5.41 Å². The van der Waals surface area contributed by atoms with Crippen molar-refractivity contribution in [2.45, 2.75) is 62.6 Å². The number of nitrogens with zero attached hydrogens (tertiary/aromatic N) is 2. The molecule has 1 amide bonds. The van der Waals surface area contributed by atoms with Crippen LogP contribution in [0.25, 0.3) is 0 Å². The van der Waals surface area contributed by atoms with E-state index in [1.165, 1.54) is 17.0 Å². The lowest BCUT2D eigenvalue weighted by molar-refractivity contribution is -0.164. The topological polar surface area (TPSA) is 136 Å². The minimum Gasteiger partial charge on any atom is -0.462 e. The maximum Gasteiger partial charge on any atom is 0.312 e. The van der Waals surface area contributed by atoms with Crippen molar-refractivity contribution in [1.29, 1.82) is 0 Å². The Labute approximate surface area is 213 Å². The van der Waals surface area contributed by atoms with Crippen LogP contribution in [0.15, 0.2) is 29.2 Å². The monoisotopic (exact) mass is 525 g/mol. The number of ether oxygens (including phenoxy) is 1. The minimum absolute atomic E-state index is 0.0745. The van der Waals surface area contributed by atoms with E-state index in [4.69, 9.17) is 4.74 Å². The highest BCUT2D eigenvalue weighted by Crippen LogP contribution is 2.38. The van der Waals surface area contributed by atoms with Gasteiger partial charge in [0.1, 0.15) is 12.7 Å². The highest BCUT2D eigenvalue weighted by atomic mass is 32.2. The highest BCUT2D eigenvalue weighted by Gasteiger charge is 2.42. The van der Waals surface area contributed by atoms with Crippen molar-refractivity contribution in [3.63, 3.8) is 0 Å². The standard InChI is InChI=1S/C25H39N3O7S/c1-19-5-7-20(8-6-19)36(33,34)26-17-23(31)28-13-4-3-10-25(11-15-27(2)16-12-25)24(32)35-18-22(30)21(29)9-14-28/h5-8,21-22,26,29-30H,3-4,9-18H2,1-2H3/t21-,22+/m0/s1. The van der Waals surface area contributed by atoms with E-state index in [1.807, 2.05) is 14.0 Å². The molecule has 1 aromatic carbocycles. The van der Waals surface area contributed by atoms with Gasteiger partial charge in [0.2, 0.25) is 15.9 Å².